The maximum Gasteiger partial charge on any atom is 0.239 e. The fourth-order valence-electron chi connectivity index (χ4n) is 2.91. The fourth-order valence-corrected chi connectivity index (χ4v) is 2.91. The molecular formula is C17H34N4O3. The first-order valence-corrected chi connectivity index (χ1v) is 8.91. The first-order chi connectivity index (χ1) is 11.4. The lowest BCUT2D eigenvalue weighted by Gasteiger charge is -2.38. The molecule has 7 nitrogen and oxygen atoms in total. The van der Waals surface area contributed by atoms with Crippen molar-refractivity contribution in [2.24, 2.45) is 11.7 Å². The molecule has 2 atom stereocenters. The zero-order valence-corrected chi connectivity index (χ0v) is 15.6. The minimum atomic E-state index is -0.418. The first-order valence-electron chi connectivity index (χ1n) is 8.91. The average molecular weight is 342 g/mol. The van der Waals surface area contributed by atoms with E-state index in [1.165, 1.54) is 0 Å². The van der Waals surface area contributed by atoms with Crippen LogP contribution >= 0.6 is 0 Å². The van der Waals surface area contributed by atoms with Crippen LogP contribution in [0.4, 0.5) is 0 Å². The summed E-state index contributed by atoms with van der Waals surface area (Å²) in [5.74, 6) is 0.467. The van der Waals surface area contributed by atoms with Crippen LogP contribution in [-0.4, -0.2) is 80.1 Å². The number of carbonyl (C=O) groups excluding carboxylic acids is 2. The lowest BCUT2D eigenvalue weighted by Crippen LogP contribution is -2.57. The van der Waals surface area contributed by atoms with Crippen molar-refractivity contribution in [3.05, 3.63) is 0 Å². The van der Waals surface area contributed by atoms with Crippen molar-refractivity contribution in [1.29, 1.82) is 0 Å². The lowest BCUT2D eigenvalue weighted by atomic mass is 10.0. The predicted molar refractivity (Wildman–Crippen MR) is 94.5 cm³/mol. The Balaban J connectivity index is 2.36. The Morgan fingerprint density at radius 2 is 1.79 bits per heavy atom. The summed E-state index contributed by atoms with van der Waals surface area (Å²) in [7, 11) is 1.65. The van der Waals surface area contributed by atoms with Gasteiger partial charge in [-0.15, -0.1) is 0 Å². The fraction of sp³-hybridized carbons (Fsp3) is 0.882. The summed E-state index contributed by atoms with van der Waals surface area (Å²) in [5.41, 5.74) is 5.99. The van der Waals surface area contributed by atoms with Gasteiger partial charge in [0, 0.05) is 46.4 Å². The topological polar surface area (TPSA) is 87.9 Å². The van der Waals surface area contributed by atoms with Gasteiger partial charge in [0.05, 0.1) is 12.1 Å². The molecule has 1 heterocycles. The molecule has 1 aliphatic rings. The number of hydrogen-bond acceptors (Lipinski definition) is 5. The molecule has 0 aliphatic carbocycles. The van der Waals surface area contributed by atoms with Gasteiger partial charge in [-0.2, -0.15) is 0 Å². The van der Waals surface area contributed by atoms with Crippen molar-refractivity contribution in [2.75, 3.05) is 46.4 Å². The number of nitrogens with two attached hydrogens (primary N) is 1. The summed E-state index contributed by atoms with van der Waals surface area (Å²) >= 11 is 0. The Morgan fingerprint density at radius 1 is 1.17 bits per heavy atom. The Hall–Kier alpha value is -1.18. The number of carbonyl (C=O) groups is 2. The van der Waals surface area contributed by atoms with Gasteiger partial charge < -0.3 is 20.7 Å². The van der Waals surface area contributed by atoms with E-state index in [1.54, 1.807) is 7.11 Å². The highest BCUT2D eigenvalue weighted by atomic mass is 16.5. The number of nitrogens with one attached hydrogen (secondary N) is 1. The average Bonchev–Trinajstić information content (AvgIpc) is 2.56. The van der Waals surface area contributed by atoms with Crippen molar-refractivity contribution in [3.8, 4) is 0 Å². The number of rotatable bonds is 9. The highest BCUT2D eigenvalue weighted by Crippen LogP contribution is 2.10. The monoisotopic (exact) mass is 342 g/mol. The van der Waals surface area contributed by atoms with Gasteiger partial charge >= 0.3 is 0 Å². The Bertz CT molecular complexity index is 395. The van der Waals surface area contributed by atoms with E-state index in [0.717, 1.165) is 6.42 Å². The third-order valence-electron chi connectivity index (χ3n) is 4.42. The molecule has 1 rings (SSSR count). The molecular weight excluding hydrogens is 308 g/mol. The van der Waals surface area contributed by atoms with Gasteiger partial charge in [0.1, 0.15) is 0 Å². The summed E-state index contributed by atoms with van der Waals surface area (Å²) in [6.07, 6.45) is 1.52. The Kier molecular flexibility index (Phi) is 9.25. The molecule has 1 aliphatic heterocycles. The zero-order valence-electron chi connectivity index (χ0n) is 15.6. The van der Waals surface area contributed by atoms with E-state index in [4.69, 9.17) is 10.5 Å². The molecule has 0 aromatic rings. The van der Waals surface area contributed by atoms with Gasteiger partial charge in [0.25, 0.3) is 0 Å². The van der Waals surface area contributed by atoms with E-state index >= 15 is 0 Å². The van der Waals surface area contributed by atoms with Crippen molar-refractivity contribution in [1.82, 2.24) is 15.1 Å². The molecule has 0 bridgehead atoms. The molecule has 0 aromatic carbocycles. The minimum Gasteiger partial charge on any atom is -0.385 e. The lowest BCUT2D eigenvalue weighted by molar-refractivity contribution is -0.135. The molecule has 1 saturated heterocycles. The van der Waals surface area contributed by atoms with E-state index in [-0.39, 0.29) is 17.9 Å². The van der Waals surface area contributed by atoms with Gasteiger partial charge in [0.15, 0.2) is 0 Å². The smallest absolute Gasteiger partial charge is 0.239 e. The van der Waals surface area contributed by atoms with Crippen LogP contribution in [0.5, 0.6) is 0 Å². The van der Waals surface area contributed by atoms with Crippen LogP contribution < -0.4 is 11.1 Å². The van der Waals surface area contributed by atoms with Crippen LogP contribution in [0.25, 0.3) is 0 Å². The molecule has 0 spiro atoms. The van der Waals surface area contributed by atoms with E-state index in [2.05, 4.69) is 24.1 Å². The summed E-state index contributed by atoms with van der Waals surface area (Å²) in [6, 6.07) is -0.604. The van der Waals surface area contributed by atoms with Gasteiger partial charge in [-0.1, -0.05) is 13.8 Å². The van der Waals surface area contributed by atoms with E-state index in [0.29, 0.717) is 51.7 Å². The highest BCUT2D eigenvalue weighted by molar-refractivity contribution is 5.82. The number of piperazine rings is 1. The van der Waals surface area contributed by atoms with Crippen molar-refractivity contribution >= 4 is 11.8 Å². The SMILES string of the molecule is COCCCNC(=O)C(C)N1CCN(C(=O)[C@@H](N)CC(C)C)CC1. The van der Waals surface area contributed by atoms with Crippen LogP contribution in [0.2, 0.25) is 0 Å². The van der Waals surface area contributed by atoms with Crippen molar-refractivity contribution in [2.45, 2.75) is 45.7 Å². The third-order valence-corrected chi connectivity index (χ3v) is 4.42. The van der Waals surface area contributed by atoms with Gasteiger partial charge in [-0.05, 0) is 25.7 Å². The molecule has 7 heteroatoms. The molecule has 140 valence electrons. The normalized spacial score (nSPS) is 18.5. The molecule has 0 aromatic heterocycles. The number of hydrogen-bond donors (Lipinski definition) is 2. The van der Waals surface area contributed by atoms with Crippen LogP contribution in [0.15, 0.2) is 0 Å². The molecule has 0 radical (unpaired) electrons. The van der Waals surface area contributed by atoms with Gasteiger partial charge in [-0.25, -0.2) is 0 Å². The van der Waals surface area contributed by atoms with Gasteiger partial charge in [0.2, 0.25) is 11.8 Å². The van der Waals surface area contributed by atoms with Crippen LogP contribution in [0.3, 0.4) is 0 Å². The second kappa shape index (κ2) is 10.6. The summed E-state index contributed by atoms with van der Waals surface area (Å²) in [4.78, 5) is 28.4. The number of ether oxygens (including phenoxy) is 1. The number of methoxy groups -OCH3 is 1. The maximum atomic E-state index is 12.3. The zero-order chi connectivity index (χ0) is 18.1. The third kappa shape index (κ3) is 6.75. The largest absolute Gasteiger partial charge is 0.385 e. The van der Waals surface area contributed by atoms with Crippen molar-refractivity contribution < 1.29 is 14.3 Å². The summed E-state index contributed by atoms with van der Waals surface area (Å²) in [6.45, 7) is 9.98. The Morgan fingerprint density at radius 3 is 2.33 bits per heavy atom. The van der Waals surface area contributed by atoms with Crippen LogP contribution in [0, 0.1) is 5.92 Å². The van der Waals surface area contributed by atoms with E-state index in [9.17, 15) is 9.59 Å². The quantitative estimate of drug-likeness (QED) is 0.578. The molecule has 2 amide bonds. The van der Waals surface area contributed by atoms with Crippen LogP contribution in [-0.2, 0) is 14.3 Å². The molecule has 0 saturated carbocycles. The molecule has 1 fully saturated rings. The first kappa shape index (κ1) is 20.9. The summed E-state index contributed by atoms with van der Waals surface area (Å²) < 4.78 is 4.97. The van der Waals surface area contributed by atoms with Gasteiger partial charge in [-0.3, -0.25) is 14.5 Å². The second-order valence-corrected chi connectivity index (χ2v) is 6.91. The number of amides is 2. The van der Waals surface area contributed by atoms with E-state index < -0.39 is 6.04 Å². The Labute approximate surface area is 145 Å². The standard InChI is InChI=1S/C17H34N4O3/c1-13(2)12-15(18)17(23)21-9-7-20(8-10-21)14(3)16(22)19-6-5-11-24-4/h13-15H,5-12,18H2,1-4H3,(H,19,22)/t14?,15-/m0/s1. The molecule has 24 heavy (non-hydrogen) atoms. The predicted octanol–water partition coefficient (Wildman–Crippen LogP) is 0.0452. The molecule has 3 N–H and O–H groups in total. The minimum absolute atomic E-state index is 0.0278. The van der Waals surface area contributed by atoms with E-state index in [1.807, 2.05) is 11.8 Å². The maximum absolute atomic E-state index is 12.3. The second-order valence-electron chi connectivity index (χ2n) is 6.91. The molecule has 1 unspecified atom stereocenters. The van der Waals surface area contributed by atoms with Crippen molar-refractivity contribution in [3.63, 3.8) is 0 Å². The highest BCUT2D eigenvalue weighted by Gasteiger charge is 2.29. The summed E-state index contributed by atoms with van der Waals surface area (Å²) in [5, 5.41) is 2.93. The number of nitrogens with zero attached hydrogens (tertiary/aromatic N) is 2. The van der Waals surface area contributed by atoms with Crippen LogP contribution in [0.1, 0.15) is 33.6 Å².